The normalized spacial score (nSPS) is 10.1. The van der Waals surface area contributed by atoms with Gasteiger partial charge in [0, 0.05) is 16.4 Å². The van der Waals surface area contributed by atoms with Crippen molar-refractivity contribution < 1.29 is 0 Å². The number of halogens is 1. The van der Waals surface area contributed by atoms with Crippen molar-refractivity contribution in [3.63, 3.8) is 0 Å². The third-order valence-corrected chi connectivity index (χ3v) is 3.47. The molecule has 0 fully saturated rings. The molecule has 104 valence electrons. The molecule has 0 atom stereocenters. The molecular weight excluding hydrogens is 314 g/mol. The number of hydrogen-bond acceptors (Lipinski definition) is 3. The van der Waals surface area contributed by atoms with E-state index in [4.69, 9.17) is 10.5 Å². The number of benzene rings is 1. The number of anilines is 1. The van der Waals surface area contributed by atoms with Crippen molar-refractivity contribution >= 4 is 21.6 Å². The minimum atomic E-state index is 0.0670. The van der Waals surface area contributed by atoms with Gasteiger partial charge in [-0.1, -0.05) is 43.6 Å². The Balaban J connectivity index is 3.39. The van der Waals surface area contributed by atoms with Crippen LogP contribution in [0, 0.1) is 22.7 Å². The van der Waals surface area contributed by atoms with Gasteiger partial charge in [0.15, 0.2) is 0 Å². The Morgan fingerprint density at radius 2 is 1.55 bits per heavy atom. The van der Waals surface area contributed by atoms with Crippen molar-refractivity contribution in [1.82, 2.24) is 0 Å². The van der Waals surface area contributed by atoms with Crippen molar-refractivity contribution in [3.05, 3.63) is 39.5 Å². The Morgan fingerprint density at radius 1 is 1.10 bits per heavy atom. The zero-order valence-electron chi connectivity index (χ0n) is 12.2. The first-order chi connectivity index (χ1) is 9.40. The number of rotatable bonds is 4. The Hall–Kier alpha value is -1.78. The fourth-order valence-corrected chi connectivity index (χ4v) is 2.45. The second-order valence-corrected chi connectivity index (χ2v) is 6.11. The molecule has 1 aromatic rings. The highest BCUT2D eigenvalue weighted by Crippen LogP contribution is 2.35. The van der Waals surface area contributed by atoms with Gasteiger partial charge in [0.2, 0.25) is 0 Å². The van der Waals surface area contributed by atoms with E-state index in [1.165, 1.54) is 6.20 Å². The summed E-state index contributed by atoms with van der Waals surface area (Å²) in [4.78, 5) is 0. The lowest BCUT2D eigenvalue weighted by Crippen LogP contribution is -2.04. The Labute approximate surface area is 129 Å². The molecule has 0 unspecified atom stereocenters. The van der Waals surface area contributed by atoms with Gasteiger partial charge >= 0.3 is 0 Å². The fraction of sp³-hybridized carbons (Fsp3) is 0.375. The molecule has 4 heteroatoms. The number of nitriles is 2. The summed E-state index contributed by atoms with van der Waals surface area (Å²) in [5.74, 6) is 0.682. The van der Waals surface area contributed by atoms with Gasteiger partial charge in [-0.25, -0.2) is 0 Å². The van der Waals surface area contributed by atoms with Crippen LogP contribution in [0.4, 0.5) is 5.69 Å². The first-order valence-corrected chi connectivity index (χ1v) is 7.30. The van der Waals surface area contributed by atoms with Crippen LogP contribution >= 0.6 is 15.9 Å². The number of hydrogen-bond donors (Lipinski definition) is 1. The van der Waals surface area contributed by atoms with E-state index in [9.17, 15) is 0 Å². The second kappa shape index (κ2) is 7.12. The van der Waals surface area contributed by atoms with E-state index in [1.54, 1.807) is 0 Å². The summed E-state index contributed by atoms with van der Waals surface area (Å²) >= 11 is 3.54. The summed E-state index contributed by atoms with van der Waals surface area (Å²) in [6.07, 6.45) is 1.47. The van der Waals surface area contributed by atoms with Gasteiger partial charge in [-0.15, -0.1) is 0 Å². The molecule has 0 aliphatic heterocycles. The highest BCUT2D eigenvalue weighted by molar-refractivity contribution is 9.10. The Bertz CT molecular complexity index is 556. The van der Waals surface area contributed by atoms with Crippen LogP contribution in [0.1, 0.15) is 50.7 Å². The third-order valence-electron chi connectivity index (χ3n) is 3.01. The molecule has 1 N–H and O–H groups in total. The summed E-state index contributed by atoms with van der Waals surface area (Å²) in [6, 6.07) is 7.87. The van der Waals surface area contributed by atoms with Crippen LogP contribution in [0.3, 0.4) is 0 Å². The smallest absolute Gasteiger partial charge is 0.145 e. The van der Waals surface area contributed by atoms with E-state index in [1.807, 2.05) is 12.1 Å². The van der Waals surface area contributed by atoms with E-state index in [0.29, 0.717) is 11.8 Å². The number of nitrogens with one attached hydrogen (secondary N) is 1. The average molecular weight is 332 g/mol. The largest absolute Gasteiger partial charge is 0.359 e. The molecule has 0 saturated carbocycles. The zero-order valence-corrected chi connectivity index (χ0v) is 13.7. The predicted molar refractivity (Wildman–Crippen MR) is 85.3 cm³/mol. The standard InChI is InChI=1S/C16H18BrN3/c1-10(2)14-5-13(17)6-15(11(3)4)16(14)20-9-12(7-18)8-19/h5-6,9-11,20H,1-4H3. The topological polar surface area (TPSA) is 59.6 Å². The van der Waals surface area contributed by atoms with Gasteiger partial charge in [0.05, 0.1) is 0 Å². The van der Waals surface area contributed by atoms with E-state index in [2.05, 4.69) is 61.1 Å². The van der Waals surface area contributed by atoms with Crippen molar-refractivity contribution in [2.45, 2.75) is 39.5 Å². The van der Waals surface area contributed by atoms with Crippen LogP contribution in [0.15, 0.2) is 28.4 Å². The van der Waals surface area contributed by atoms with Crippen LogP contribution in [-0.2, 0) is 0 Å². The summed E-state index contributed by atoms with van der Waals surface area (Å²) in [5, 5.41) is 20.8. The maximum atomic E-state index is 8.82. The van der Waals surface area contributed by atoms with E-state index in [-0.39, 0.29) is 5.57 Å². The highest BCUT2D eigenvalue weighted by Gasteiger charge is 2.14. The fourth-order valence-electron chi connectivity index (χ4n) is 1.96. The quantitative estimate of drug-likeness (QED) is 0.786. The highest BCUT2D eigenvalue weighted by atomic mass is 79.9. The zero-order chi connectivity index (χ0) is 15.3. The van der Waals surface area contributed by atoms with E-state index >= 15 is 0 Å². The molecule has 0 aliphatic rings. The Kier molecular flexibility index (Phi) is 5.80. The number of allylic oxidation sites excluding steroid dienone is 1. The molecule has 0 aromatic heterocycles. The van der Waals surface area contributed by atoms with Crippen molar-refractivity contribution in [1.29, 1.82) is 10.5 Å². The molecule has 20 heavy (non-hydrogen) atoms. The van der Waals surface area contributed by atoms with Crippen LogP contribution in [0.25, 0.3) is 0 Å². The second-order valence-electron chi connectivity index (χ2n) is 5.19. The third kappa shape index (κ3) is 3.85. The monoisotopic (exact) mass is 331 g/mol. The lowest BCUT2D eigenvalue weighted by molar-refractivity contribution is 0.836. The van der Waals surface area contributed by atoms with Gasteiger partial charge in [-0.3, -0.25) is 0 Å². The molecule has 1 aromatic carbocycles. The lowest BCUT2D eigenvalue weighted by atomic mass is 9.92. The molecule has 0 radical (unpaired) electrons. The maximum Gasteiger partial charge on any atom is 0.145 e. The number of nitrogens with zero attached hydrogens (tertiary/aromatic N) is 2. The minimum absolute atomic E-state index is 0.0670. The molecule has 0 saturated heterocycles. The first kappa shape index (κ1) is 16.3. The molecule has 0 amide bonds. The van der Waals surface area contributed by atoms with Crippen LogP contribution in [0.5, 0.6) is 0 Å². The van der Waals surface area contributed by atoms with Crippen molar-refractivity contribution in [2.75, 3.05) is 5.32 Å². The SMILES string of the molecule is CC(C)c1cc(Br)cc(C(C)C)c1NC=C(C#N)C#N. The van der Waals surface area contributed by atoms with E-state index in [0.717, 1.165) is 21.3 Å². The molecular formula is C16H18BrN3. The maximum absolute atomic E-state index is 8.82. The summed E-state index contributed by atoms with van der Waals surface area (Å²) in [5.41, 5.74) is 3.38. The predicted octanol–water partition coefficient (Wildman–Crippen LogP) is 5.04. The van der Waals surface area contributed by atoms with Gasteiger partial charge < -0.3 is 5.32 Å². The molecule has 0 spiro atoms. The van der Waals surface area contributed by atoms with Crippen LogP contribution < -0.4 is 5.32 Å². The lowest BCUT2D eigenvalue weighted by Gasteiger charge is -2.20. The average Bonchev–Trinajstić information content (AvgIpc) is 2.40. The van der Waals surface area contributed by atoms with Gasteiger partial charge in [0.1, 0.15) is 17.7 Å². The summed E-state index contributed by atoms with van der Waals surface area (Å²) in [6.45, 7) is 8.49. The van der Waals surface area contributed by atoms with Gasteiger partial charge in [0.25, 0.3) is 0 Å². The molecule has 0 heterocycles. The van der Waals surface area contributed by atoms with Gasteiger partial charge in [-0.05, 0) is 35.1 Å². The van der Waals surface area contributed by atoms with Gasteiger partial charge in [-0.2, -0.15) is 10.5 Å². The first-order valence-electron chi connectivity index (χ1n) is 6.50. The van der Waals surface area contributed by atoms with Crippen LogP contribution in [0.2, 0.25) is 0 Å². The molecule has 3 nitrogen and oxygen atoms in total. The van der Waals surface area contributed by atoms with Crippen LogP contribution in [-0.4, -0.2) is 0 Å². The minimum Gasteiger partial charge on any atom is -0.359 e. The molecule has 0 aliphatic carbocycles. The van der Waals surface area contributed by atoms with E-state index < -0.39 is 0 Å². The van der Waals surface area contributed by atoms with Crippen molar-refractivity contribution in [2.24, 2.45) is 0 Å². The summed E-state index contributed by atoms with van der Waals surface area (Å²) in [7, 11) is 0. The van der Waals surface area contributed by atoms with Crippen molar-refractivity contribution in [3.8, 4) is 12.1 Å². The Morgan fingerprint density at radius 3 is 1.90 bits per heavy atom. The molecule has 1 rings (SSSR count). The molecule has 0 bridgehead atoms. The summed E-state index contributed by atoms with van der Waals surface area (Å²) < 4.78 is 1.04.